The zero-order valence-electron chi connectivity index (χ0n) is 22.5. The van der Waals surface area contributed by atoms with Crippen LogP contribution in [-0.4, -0.2) is 35.4 Å². The predicted octanol–water partition coefficient (Wildman–Crippen LogP) is 6.07. The second kappa shape index (κ2) is 9.45. The van der Waals surface area contributed by atoms with Gasteiger partial charge in [0.25, 0.3) is 0 Å². The first-order valence-corrected chi connectivity index (χ1v) is 13.7. The summed E-state index contributed by atoms with van der Waals surface area (Å²) in [6.45, 7) is 1.29. The van der Waals surface area contributed by atoms with Gasteiger partial charge in [-0.05, 0) is 23.8 Å². The quantitative estimate of drug-likeness (QED) is 0.131. The number of benzene rings is 4. The molecule has 2 heterocycles. The molecule has 4 aromatic rings. The maximum Gasteiger partial charge on any atom is 0.308 e. The maximum absolute atomic E-state index is 14.7. The number of carbonyl (C=O) groups excluding carboxylic acids is 4. The van der Waals surface area contributed by atoms with Crippen LogP contribution < -0.4 is 9.64 Å². The normalized spacial score (nSPS) is 21.2. The number of nitrogens with zero attached hydrogens (tertiary/aromatic N) is 1. The zero-order valence-corrected chi connectivity index (χ0v) is 22.5. The van der Waals surface area contributed by atoms with E-state index in [1.54, 1.807) is 83.8 Å². The fourth-order valence-corrected chi connectivity index (χ4v) is 7.04. The SMILES string of the molecule is CC(=O)Oc1cccc2c1N1[C@@H](C=C2)C2(C(=O)c3ccccc3C2=O)[C@H](c2ccc(F)cc2)[C@@H]1C(=O)c1ccccc1. The van der Waals surface area contributed by atoms with Crippen molar-refractivity contribution >= 4 is 35.1 Å². The second-order valence-electron chi connectivity index (χ2n) is 10.8. The first-order chi connectivity index (χ1) is 20.3. The zero-order chi connectivity index (χ0) is 29.2. The summed E-state index contributed by atoms with van der Waals surface area (Å²) in [5.41, 5.74) is 0.811. The topological polar surface area (TPSA) is 80.8 Å². The highest BCUT2D eigenvalue weighted by molar-refractivity contribution is 6.32. The van der Waals surface area contributed by atoms with Gasteiger partial charge < -0.3 is 9.64 Å². The van der Waals surface area contributed by atoms with Crippen LogP contribution in [0.4, 0.5) is 10.1 Å². The lowest BCUT2D eigenvalue weighted by atomic mass is 9.64. The molecule has 7 rings (SSSR count). The third-order valence-electron chi connectivity index (χ3n) is 8.60. The molecule has 2 aliphatic heterocycles. The van der Waals surface area contributed by atoms with Gasteiger partial charge in [-0.2, -0.15) is 0 Å². The minimum absolute atomic E-state index is 0.213. The van der Waals surface area contributed by atoms with Crippen LogP contribution in [0.5, 0.6) is 5.75 Å². The van der Waals surface area contributed by atoms with Crippen molar-refractivity contribution in [2.45, 2.75) is 24.9 Å². The summed E-state index contributed by atoms with van der Waals surface area (Å²) in [6.07, 6.45) is 3.59. The molecule has 0 saturated carbocycles. The molecule has 1 spiro atoms. The first kappa shape index (κ1) is 25.8. The Morgan fingerprint density at radius 3 is 2.10 bits per heavy atom. The molecule has 0 radical (unpaired) electrons. The summed E-state index contributed by atoms with van der Waals surface area (Å²) in [5, 5.41) is 0. The number of hydrogen-bond donors (Lipinski definition) is 0. The molecule has 42 heavy (non-hydrogen) atoms. The smallest absolute Gasteiger partial charge is 0.308 e. The molecule has 3 aliphatic rings. The van der Waals surface area contributed by atoms with E-state index in [2.05, 4.69) is 0 Å². The highest BCUT2D eigenvalue weighted by Gasteiger charge is 2.71. The Morgan fingerprint density at radius 1 is 0.810 bits per heavy atom. The van der Waals surface area contributed by atoms with E-state index in [1.807, 2.05) is 6.07 Å². The largest absolute Gasteiger partial charge is 0.424 e. The number of fused-ring (bicyclic) bond motifs is 5. The number of rotatable bonds is 4. The van der Waals surface area contributed by atoms with Crippen LogP contribution in [0.15, 0.2) is 103 Å². The van der Waals surface area contributed by atoms with Crippen molar-refractivity contribution in [2.75, 3.05) is 4.90 Å². The summed E-state index contributed by atoms with van der Waals surface area (Å²) in [4.78, 5) is 57.9. The molecule has 1 aliphatic carbocycles. The molecule has 1 saturated heterocycles. The van der Waals surface area contributed by atoms with E-state index in [1.165, 1.54) is 31.2 Å². The molecule has 0 aromatic heterocycles. The van der Waals surface area contributed by atoms with Gasteiger partial charge in [-0.25, -0.2) is 4.39 Å². The lowest BCUT2D eigenvalue weighted by Crippen LogP contribution is -2.48. The standard InChI is InChI=1S/C35H24FNO5/c1-20(38)42-27-13-7-10-22-16-19-28-35(33(40)25-11-5-6-12-26(25)34(35)41)29(21-14-17-24(36)18-15-21)31(37(28)30(22)27)32(39)23-8-3-2-4-9-23/h2-19,28-29,31H,1H3/t28-,29+,31+/m0/s1. The van der Waals surface area contributed by atoms with Crippen molar-refractivity contribution < 1.29 is 28.3 Å². The molecule has 6 nitrogen and oxygen atoms in total. The van der Waals surface area contributed by atoms with E-state index in [9.17, 15) is 23.6 Å². The van der Waals surface area contributed by atoms with Crippen LogP contribution in [0.1, 0.15) is 55.0 Å². The van der Waals surface area contributed by atoms with Gasteiger partial charge in [0.2, 0.25) is 0 Å². The lowest BCUT2D eigenvalue weighted by molar-refractivity contribution is -0.131. The monoisotopic (exact) mass is 557 g/mol. The van der Waals surface area contributed by atoms with E-state index in [0.717, 1.165) is 0 Å². The maximum atomic E-state index is 14.7. The van der Waals surface area contributed by atoms with Crippen molar-refractivity contribution in [1.82, 2.24) is 0 Å². The number of hydrogen-bond acceptors (Lipinski definition) is 6. The van der Waals surface area contributed by atoms with Crippen molar-refractivity contribution in [1.29, 1.82) is 0 Å². The molecule has 7 heteroatoms. The van der Waals surface area contributed by atoms with Crippen molar-refractivity contribution in [3.63, 3.8) is 0 Å². The van der Waals surface area contributed by atoms with Crippen LogP contribution in [0.25, 0.3) is 6.08 Å². The molecule has 206 valence electrons. The minimum Gasteiger partial charge on any atom is -0.424 e. The summed E-state index contributed by atoms with van der Waals surface area (Å²) in [7, 11) is 0. The van der Waals surface area contributed by atoms with Crippen LogP contribution in [0.3, 0.4) is 0 Å². The number of Topliss-reactive ketones (excluding diaryl/α,β-unsaturated/α-hetero) is 3. The van der Waals surface area contributed by atoms with E-state index < -0.39 is 46.8 Å². The van der Waals surface area contributed by atoms with E-state index in [4.69, 9.17) is 4.74 Å². The Balaban J connectivity index is 1.57. The van der Waals surface area contributed by atoms with Gasteiger partial charge in [-0.15, -0.1) is 0 Å². The third-order valence-corrected chi connectivity index (χ3v) is 8.60. The molecule has 0 unspecified atom stereocenters. The van der Waals surface area contributed by atoms with Crippen LogP contribution in [0, 0.1) is 11.2 Å². The molecule has 0 bridgehead atoms. The molecule has 0 N–H and O–H groups in total. The Morgan fingerprint density at radius 2 is 1.45 bits per heavy atom. The van der Waals surface area contributed by atoms with Gasteiger partial charge in [0.15, 0.2) is 23.1 Å². The van der Waals surface area contributed by atoms with Gasteiger partial charge in [0.05, 0.1) is 11.7 Å². The number of para-hydroxylation sites is 1. The number of anilines is 1. The summed E-state index contributed by atoms with van der Waals surface area (Å²) in [6, 6.07) is 24.2. The van der Waals surface area contributed by atoms with Crippen LogP contribution in [-0.2, 0) is 4.79 Å². The summed E-state index contributed by atoms with van der Waals surface area (Å²) in [5.74, 6) is -2.92. The van der Waals surface area contributed by atoms with E-state index >= 15 is 0 Å². The van der Waals surface area contributed by atoms with Gasteiger partial charge in [-0.3, -0.25) is 19.2 Å². The van der Waals surface area contributed by atoms with Crippen LogP contribution in [0.2, 0.25) is 0 Å². The van der Waals surface area contributed by atoms with Crippen LogP contribution >= 0.6 is 0 Å². The van der Waals surface area contributed by atoms with Gasteiger partial charge >= 0.3 is 5.97 Å². The molecule has 4 aromatic carbocycles. The third kappa shape index (κ3) is 3.49. The second-order valence-corrected chi connectivity index (χ2v) is 10.8. The average molecular weight is 558 g/mol. The Labute approximate surface area is 241 Å². The highest BCUT2D eigenvalue weighted by Crippen LogP contribution is 2.62. The predicted molar refractivity (Wildman–Crippen MR) is 154 cm³/mol. The Hall–Kier alpha value is -5.17. The Bertz CT molecular complexity index is 1790. The fourth-order valence-electron chi connectivity index (χ4n) is 7.04. The van der Waals surface area contributed by atoms with Crippen molar-refractivity contribution in [2.24, 2.45) is 5.41 Å². The highest BCUT2D eigenvalue weighted by atomic mass is 19.1. The first-order valence-electron chi connectivity index (χ1n) is 13.7. The Kier molecular flexibility index (Phi) is 5.80. The number of ether oxygens (including phenoxy) is 1. The number of carbonyl (C=O) groups is 4. The van der Waals surface area contributed by atoms with Crippen molar-refractivity contribution in [3.8, 4) is 5.75 Å². The number of esters is 1. The van der Waals surface area contributed by atoms with Crippen molar-refractivity contribution in [3.05, 3.63) is 137 Å². The van der Waals surface area contributed by atoms with E-state index in [-0.39, 0.29) is 22.7 Å². The van der Waals surface area contributed by atoms with Gasteiger partial charge in [-0.1, -0.05) is 91.0 Å². The fraction of sp³-hybridized carbons (Fsp3) is 0.143. The van der Waals surface area contributed by atoms with Gasteiger partial charge in [0, 0.05) is 35.1 Å². The average Bonchev–Trinajstić information content (AvgIpc) is 3.43. The molecule has 1 fully saturated rings. The molecule has 3 atom stereocenters. The molecule has 0 amide bonds. The minimum atomic E-state index is -1.74. The number of ketones is 3. The summed E-state index contributed by atoms with van der Waals surface area (Å²) < 4.78 is 19.9. The molecular formula is C35H24FNO5. The molecular weight excluding hydrogens is 533 g/mol. The van der Waals surface area contributed by atoms with Gasteiger partial charge in [0.1, 0.15) is 17.3 Å². The lowest BCUT2D eigenvalue weighted by Gasteiger charge is -2.37. The number of halogens is 1. The summed E-state index contributed by atoms with van der Waals surface area (Å²) >= 11 is 0. The van der Waals surface area contributed by atoms with E-state index in [0.29, 0.717) is 22.4 Å².